The molecule has 0 fully saturated rings. The smallest absolute Gasteiger partial charge is 0.234 e. The van der Waals surface area contributed by atoms with E-state index in [4.69, 9.17) is 16.0 Å². The minimum atomic E-state index is -4.02. The largest absolute Gasteiger partial charge is 0.419 e. The lowest BCUT2D eigenvalue weighted by Gasteiger charge is -2.11. The maximum atomic E-state index is 13.2. The third kappa shape index (κ3) is 3.99. The Labute approximate surface area is 162 Å². The number of nitrogens with one attached hydrogen (secondary N) is 1. The van der Waals surface area contributed by atoms with Crippen molar-refractivity contribution < 1.29 is 17.2 Å². The molecule has 0 amide bonds. The number of nitrogens with zero attached hydrogens (tertiary/aromatic N) is 1. The van der Waals surface area contributed by atoms with E-state index in [0.29, 0.717) is 10.6 Å². The standard InChI is InChI=1S/C19H18ClFN2O3S/c1-3-12(2)22-18-19(27(24,25)14-10-8-13(21)9-11-14)23-17(26-18)15-6-4-5-7-16(15)20/h4-12,22H,3H2,1-2H3. The summed E-state index contributed by atoms with van der Waals surface area (Å²) in [5, 5.41) is 3.16. The minimum Gasteiger partial charge on any atom is -0.419 e. The topological polar surface area (TPSA) is 72.2 Å². The number of oxazole rings is 1. The Morgan fingerprint density at radius 2 is 1.85 bits per heavy atom. The molecule has 8 heteroatoms. The van der Waals surface area contributed by atoms with Crippen LogP contribution in [-0.4, -0.2) is 19.4 Å². The zero-order valence-corrected chi connectivity index (χ0v) is 16.3. The van der Waals surface area contributed by atoms with E-state index in [1.165, 1.54) is 12.1 Å². The van der Waals surface area contributed by atoms with Crippen LogP contribution in [0.5, 0.6) is 0 Å². The fourth-order valence-electron chi connectivity index (χ4n) is 2.38. The first kappa shape index (κ1) is 19.4. The highest BCUT2D eigenvalue weighted by atomic mass is 35.5. The van der Waals surface area contributed by atoms with Gasteiger partial charge in [-0.05, 0) is 49.7 Å². The first-order valence-electron chi connectivity index (χ1n) is 8.36. The van der Waals surface area contributed by atoms with Gasteiger partial charge in [-0.2, -0.15) is 4.98 Å². The fraction of sp³-hybridized carbons (Fsp3) is 0.211. The summed E-state index contributed by atoms with van der Waals surface area (Å²) < 4.78 is 45.0. The number of rotatable bonds is 6. The van der Waals surface area contributed by atoms with E-state index in [1.54, 1.807) is 24.3 Å². The van der Waals surface area contributed by atoms with Crippen molar-refractivity contribution in [3.05, 3.63) is 59.4 Å². The number of hydrogen-bond donors (Lipinski definition) is 1. The third-order valence-electron chi connectivity index (χ3n) is 4.07. The van der Waals surface area contributed by atoms with E-state index in [9.17, 15) is 12.8 Å². The maximum absolute atomic E-state index is 13.2. The molecule has 0 bridgehead atoms. The molecule has 0 saturated carbocycles. The van der Waals surface area contributed by atoms with Crippen LogP contribution in [0, 0.1) is 5.82 Å². The van der Waals surface area contributed by atoms with Crippen molar-refractivity contribution in [2.24, 2.45) is 0 Å². The van der Waals surface area contributed by atoms with Gasteiger partial charge < -0.3 is 9.73 Å². The third-order valence-corrected chi connectivity index (χ3v) is 6.08. The first-order valence-corrected chi connectivity index (χ1v) is 10.2. The van der Waals surface area contributed by atoms with Crippen LogP contribution in [0.2, 0.25) is 5.02 Å². The molecule has 5 nitrogen and oxygen atoms in total. The number of aromatic nitrogens is 1. The van der Waals surface area contributed by atoms with Crippen LogP contribution in [0.4, 0.5) is 10.3 Å². The SMILES string of the molecule is CCC(C)Nc1oc(-c2ccccc2Cl)nc1S(=O)(=O)c1ccc(F)cc1. The number of hydrogen-bond acceptors (Lipinski definition) is 5. The van der Waals surface area contributed by atoms with Crippen LogP contribution in [0.3, 0.4) is 0 Å². The second-order valence-electron chi connectivity index (χ2n) is 6.04. The van der Waals surface area contributed by atoms with Crippen molar-refractivity contribution in [2.45, 2.75) is 36.2 Å². The average molecular weight is 409 g/mol. The number of halogens is 2. The molecular formula is C19H18ClFN2O3S. The summed E-state index contributed by atoms with van der Waals surface area (Å²) in [5.41, 5.74) is 0.479. The Morgan fingerprint density at radius 3 is 2.48 bits per heavy atom. The summed E-state index contributed by atoms with van der Waals surface area (Å²) in [7, 11) is -4.02. The zero-order valence-electron chi connectivity index (χ0n) is 14.7. The number of benzene rings is 2. The van der Waals surface area contributed by atoms with E-state index in [0.717, 1.165) is 18.6 Å². The van der Waals surface area contributed by atoms with Gasteiger partial charge in [-0.15, -0.1) is 0 Å². The van der Waals surface area contributed by atoms with E-state index < -0.39 is 15.7 Å². The van der Waals surface area contributed by atoms with Crippen LogP contribution in [0.25, 0.3) is 11.5 Å². The van der Waals surface area contributed by atoms with Crippen molar-refractivity contribution in [2.75, 3.05) is 5.32 Å². The quantitative estimate of drug-likeness (QED) is 0.569. The molecule has 1 atom stereocenters. The van der Waals surface area contributed by atoms with Gasteiger partial charge in [-0.25, -0.2) is 12.8 Å². The average Bonchev–Trinajstić information content (AvgIpc) is 3.06. The van der Waals surface area contributed by atoms with Gasteiger partial charge in [0.05, 0.1) is 15.5 Å². The highest BCUT2D eigenvalue weighted by Crippen LogP contribution is 2.35. The summed E-state index contributed by atoms with van der Waals surface area (Å²) in [4.78, 5) is 4.13. The molecule has 3 rings (SSSR count). The zero-order chi connectivity index (χ0) is 19.6. The molecule has 27 heavy (non-hydrogen) atoms. The Bertz CT molecular complexity index is 1050. The van der Waals surface area contributed by atoms with E-state index in [1.807, 2.05) is 13.8 Å². The van der Waals surface area contributed by atoms with Gasteiger partial charge in [-0.1, -0.05) is 30.7 Å². The molecule has 1 N–H and O–H groups in total. The molecule has 3 aromatic rings. The lowest BCUT2D eigenvalue weighted by atomic mass is 10.2. The minimum absolute atomic E-state index is 0.0311. The van der Waals surface area contributed by atoms with Gasteiger partial charge in [0.2, 0.25) is 26.6 Å². The van der Waals surface area contributed by atoms with Crippen LogP contribution >= 0.6 is 11.6 Å². The van der Waals surface area contributed by atoms with E-state index >= 15 is 0 Å². The van der Waals surface area contributed by atoms with Crippen LogP contribution < -0.4 is 5.32 Å². The number of sulfone groups is 1. The molecule has 1 heterocycles. The Hall–Kier alpha value is -2.38. The first-order chi connectivity index (χ1) is 12.8. The summed E-state index contributed by atoms with van der Waals surface area (Å²) >= 11 is 6.19. The molecule has 0 saturated heterocycles. The van der Waals surface area contributed by atoms with Gasteiger partial charge in [0.25, 0.3) is 0 Å². The molecule has 1 unspecified atom stereocenters. The molecule has 0 aliphatic carbocycles. The van der Waals surface area contributed by atoms with Crippen LogP contribution in [0.15, 0.2) is 62.9 Å². The Kier molecular flexibility index (Phi) is 5.53. The van der Waals surface area contributed by atoms with Crippen molar-refractivity contribution in [3.63, 3.8) is 0 Å². The van der Waals surface area contributed by atoms with Crippen molar-refractivity contribution in [1.82, 2.24) is 4.98 Å². The van der Waals surface area contributed by atoms with Crippen LogP contribution in [-0.2, 0) is 9.84 Å². The Balaban J connectivity index is 2.15. The summed E-state index contributed by atoms with van der Waals surface area (Å²) in [6.45, 7) is 3.85. The van der Waals surface area contributed by atoms with Gasteiger partial charge in [0, 0.05) is 6.04 Å². The summed E-state index contributed by atoms with van der Waals surface area (Å²) in [6, 6.07) is 11.4. The molecule has 2 aromatic carbocycles. The molecule has 1 aromatic heterocycles. The van der Waals surface area contributed by atoms with Gasteiger partial charge in [0.1, 0.15) is 5.82 Å². The molecule has 0 spiro atoms. The second-order valence-corrected chi connectivity index (χ2v) is 8.32. The van der Waals surface area contributed by atoms with Crippen molar-refractivity contribution in [3.8, 4) is 11.5 Å². The summed E-state index contributed by atoms with van der Waals surface area (Å²) in [5.74, 6) is -0.403. The molecule has 0 aliphatic heterocycles. The normalized spacial score (nSPS) is 12.7. The molecule has 142 valence electrons. The van der Waals surface area contributed by atoms with E-state index in [-0.39, 0.29) is 27.7 Å². The summed E-state index contributed by atoms with van der Waals surface area (Å²) in [6.07, 6.45) is 0.748. The Morgan fingerprint density at radius 1 is 1.19 bits per heavy atom. The van der Waals surface area contributed by atoms with E-state index in [2.05, 4.69) is 10.3 Å². The maximum Gasteiger partial charge on any atom is 0.234 e. The van der Waals surface area contributed by atoms with Gasteiger partial charge in [0.15, 0.2) is 0 Å². The van der Waals surface area contributed by atoms with Crippen molar-refractivity contribution >= 4 is 27.3 Å². The monoisotopic (exact) mass is 408 g/mol. The second kappa shape index (κ2) is 7.70. The highest BCUT2D eigenvalue weighted by molar-refractivity contribution is 7.91. The van der Waals surface area contributed by atoms with Gasteiger partial charge in [-0.3, -0.25) is 0 Å². The fourth-order valence-corrected chi connectivity index (χ4v) is 3.86. The van der Waals surface area contributed by atoms with Crippen molar-refractivity contribution in [1.29, 1.82) is 0 Å². The highest BCUT2D eigenvalue weighted by Gasteiger charge is 2.29. The predicted molar refractivity (Wildman–Crippen MR) is 102 cm³/mol. The van der Waals surface area contributed by atoms with Crippen LogP contribution in [0.1, 0.15) is 20.3 Å². The lowest BCUT2D eigenvalue weighted by molar-refractivity contribution is 0.566. The number of anilines is 1. The lowest BCUT2D eigenvalue weighted by Crippen LogP contribution is -2.15. The molecule has 0 aliphatic rings. The predicted octanol–water partition coefficient (Wildman–Crippen LogP) is 5.18. The molecule has 0 radical (unpaired) electrons. The molecular weight excluding hydrogens is 391 g/mol. The van der Waals surface area contributed by atoms with Gasteiger partial charge >= 0.3 is 0 Å².